The van der Waals surface area contributed by atoms with Crippen molar-refractivity contribution in [2.45, 2.75) is 46.2 Å². The number of nitrogens with two attached hydrogens (primary N) is 1. The quantitative estimate of drug-likeness (QED) is 0.913. The van der Waals surface area contributed by atoms with Crippen LogP contribution in [0.3, 0.4) is 0 Å². The Balaban J connectivity index is 2.23. The predicted octanol–water partition coefficient (Wildman–Crippen LogP) is 3.67. The van der Waals surface area contributed by atoms with Crippen molar-refractivity contribution in [1.29, 1.82) is 0 Å². The van der Waals surface area contributed by atoms with Gasteiger partial charge in [0.2, 0.25) is 0 Å². The van der Waals surface area contributed by atoms with E-state index in [1.54, 1.807) is 0 Å². The molecule has 1 aromatic carbocycles. The molecule has 0 aliphatic heterocycles. The predicted molar refractivity (Wildman–Crippen MR) is 84.1 cm³/mol. The second kappa shape index (κ2) is 6.42. The summed E-state index contributed by atoms with van der Waals surface area (Å²) in [5.74, 6) is 0. The monoisotopic (exact) mass is 291 g/mol. The standard InChI is InChI=1S/C16H22ClN3/c1-4-13-10-16(20(5-2)19-13)15(18)9-12-7-6-11(3)8-14(12)17/h6-8,10,15H,4-5,9,18H2,1-3H3. The van der Waals surface area contributed by atoms with E-state index in [1.165, 1.54) is 5.56 Å². The molecule has 1 heterocycles. The summed E-state index contributed by atoms with van der Waals surface area (Å²) in [7, 11) is 0. The van der Waals surface area contributed by atoms with Gasteiger partial charge in [0, 0.05) is 11.6 Å². The average molecular weight is 292 g/mol. The molecule has 2 N–H and O–H groups in total. The van der Waals surface area contributed by atoms with E-state index < -0.39 is 0 Å². The third-order valence-corrected chi connectivity index (χ3v) is 3.90. The fourth-order valence-electron chi connectivity index (χ4n) is 2.37. The molecule has 0 bridgehead atoms. The Kier molecular flexibility index (Phi) is 4.84. The first kappa shape index (κ1) is 15.1. The summed E-state index contributed by atoms with van der Waals surface area (Å²) in [5, 5.41) is 5.34. The zero-order valence-electron chi connectivity index (χ0n) is 12.4. The molecule has 0 saturated heterocycles. The Labute approximate surface area is 125 Å². The van der Waals surface area contributed by atoms with Crippen LogP contribution in [0.5, 0.6) is 0 Å². The fourth-order valence-corrected chi connectivity index (χ4v) is 2.68. The van der Waals surface area contributed by atoms with Crippen molar-refractivity contribution in [3.05, 3.63) is 51.8 Å². The molecule has 2 aromatic rings. The maximum absolute atomic E-state index is 6.36. The second-order valence-electron chi connectivity index (χ2n) is 5.14. The van der Waals surface area contributed by atoms with E-state index in [1.807, 2.05) is 17.7 Å². The van der Waals surface area contributed by atoms with Crippen molar-refractivity contribution in [2.24, 2.45) is 5.73 Å². The summed E-state index contributed by atoms with van der Waals surface area (Å²) in [6, 6.07) is 8.14. The summed E-state index contributed by atoms with van der Waals surface area (Å²) in [4.78, 5) is 0. The Hall–Kier alpha value is -1.32. The number of halogens is 1. The van der Waals surface area contributed by atoms with Gasteiger partial charge in [0.15, 0.2) is 0 Å². The van der Waals surface area contributed by atoms with Gasteiger partial charge in [-0.05, 0) is 49.9 Å². The van der Waals surface area contributed by atoms with Crippen LogP contribution in [0.1, 0.15) is 42.4 Å². The molecule has 0 saturated carbocycles. The van der Waals surface area contributed by atoms with Gasteiger partial charge in [-0.3, -0.25) is 4.68 Å². The Morgan fingerprint density at radius 3 is 2.65 bits per heavy atom. The molecular formula is C16H22ClN3. The van der Waals surface area contributed by atoms with Crippen LogP contribution < -0.4 is 5.73 Å². The van der Waals surface area contributed by atoms with E-state index in [4.69, 9.17) is 17.3 Å². The molecule has 108 valence electrons. The van der Waals surface area contributed by atoms with E-state index in [-0.39, 0.29) is 6.04 Å². The summed E-state index contributed by atoms with van der Waals surface area (Å²) in [6.07, 6.45) is 1.66. The lowest BCUT2D eigenvalue weighted by molar-refractivity contribution is 0.565. The van der Waals surface area contributed by atoms with Crippen LogP contribution in [0, 0.1) is 6.92 Å². The minimum atomic E-state index is -0.0806. The Morgan fingerprint density at radius 1 is 1.30 bits per heavy atom. The topological polar surface area (TPSA) is 43.8 Å². The molecule has 0 amide bonds. The SMILES string of the molecule is CCc1cc(C(N)Cc2ccc(C)cc2Cl)n(CC)n1. The van der Waals surface area contributed by atoms with Crippen LogP contribution in [-0.4, -0.2) is 9.78 Å². The molecular weight excluding hydrogens is 270 g/mol. The Morgan fingerprint density at radius 2 is 2.05 bits per heavy atom. The zero-order chi connectivity index (χ0) is 14.7. The van der Waals surface area contributed by atoms with Gasteiger partial charge in [0.05, 0.1) is 17.4 Å². The lowest BCUT2D eigenvalue weighted by Gasteiger charge is -2.14. The highest BCUT2D eigenvalue weighted by molar-refractivity contribution is 6.31. The van der Waals surface area contributed by atoms with Crippen LogP contribution in [0.15, 0.2) is 24.3 Å². The van der Waals surface area contributed by atoms with Crippen LogP contribution in [0.25, 0.3) is 0 Å². The highest BCUT2D eigenvalue weighted by atomic mass is 35.5. The highest BCUT2D eigenvalue weighted by Crippen LogP contribution is 2.24. The molecule has 4 heteroatoms. The van der Waals surface area contributed by atoms with Crippen molar-refractivity contribution >= 4 is 11.6 Å². The first-order valence-electron chi connectivity index (χ1n) is 7.12. The first-order chi connectivity index (χ1) is 9.55. The van der Waals surface area contributed by atoms with E-state index in [0.717, 1.165) is 41.4 Å². The zero-order valence-corrected chi connectivity index (χ0v) is 13.1. The van der Waals surface area contributed by atoms with Gasteiger partial charge in [-0.1, -0.05) is 30.7 Å². The maximum Gasteiger partial charge on any atom is 0.0625 e. The van der Waals surface area contributed by atoms with Gasteiger partial charge >= 0.3 is 0 Å². The molecule has 1 unspecified atom stereocenters. The second-order valence-corrected chi connectivity index (χ2v) is 5.54. The van der Waals surface area contributed by atoms with E-state index in [9.17, 15) is 0 Å². The van der Waals surface area contributed by atoms with Crippen LogP contribution in [-0.2, 0) is 19.4 Å². The summed E-state index contributed by atoms with van der Waals surface area (Å²) < 4.78 is 1.99. The molecule has 0 radical (unpaired) electrons. The van der Waals surface area contributed by atoms with Crippen molar-refractivity contribution in [3.63, 3.8) is 0 Å². The number of aryl methyl sites for hydroxylation is 3. The minimum Gasteiger partial charge on any atom is -0.322 e. The summed E-state index contributed by atoms with van der Waals surface area (Å²) >= 11 is 6.29. The third kappa shape index (κ3) is 3.22. The smallest absolute Gasteiger partial charge is 0.0625 e. The van der Waals surface area contributed by atoms with Crippen molar-refractivity contribution in [2.75, 3.05) is 0 Å². The van der Waals surface area contributed by atoms with Gasteiger partial charge in [-0.25, -0.2) is 0 Å². The largest absolute Gasteiger partial charge is 0.322 e. The minimum absolute atomic E-state index is 0.0806. The third-order valence-electron chi connectivity index (χ3n) is 3.55. The van der Waals surface area contributed by atoms with Gasteiger partial charge in [0.1, 0.15) is 0 Å². The van der Waals surface area contributed by atoms with Crippen molar-refractivity contribution in [1.82, 2.24) is 9.78 Å². The van der Waals surface area contributed by atoms with Crippen molar-refractivity contribution < 1.29 is 0 Å². The summed E-state index contributed by atoms with van der Waals surface area (Å²) in [6.45, 7) is 7.07. The fraction of sp³-hybridized carbons (Fsp3) is 0.438. The van der Waals surface area contributed by atoms with Crippen LogP contribution in [0.4, 0.5) is 0 Å². The highest BCUT2D eigenvalue weighted by Gasteiger charge is 2.15. The number of aromatic nitrogens is 2. The number of nitrogens with zero attached hydrogens (tertiary/aromatic N) is 2. The lowest BCUT2D eigenvalue weighted by Crippen LogP contribution is -2.18. The number of rotatable bonds is 5. The van der Waals surface area contributed by atoms with Gasteiger partial charge in [-0.15, -0.1) is 0 Å². The van der Waals surface area contributed by atoms with Gasteiger partial charge < -0.3 is 5.73 Å². The maximum atomic E-state index is 6.36. The van der Waals surface area contributed by atoms with E-state index >= 15 is 0 Å². The molecule has 20 heavy (non-hydrogen) atoms. The molecule has 1 atom stereocenters. The molecule has 2 rings (SSSR count). The number of benzene rings is 1. The normalized spacial score (nSPS) is 12.7. The molecule has 0 fully saturated rings. The van der Waals surface area contributed by atoms with Crippen molar-refractivity contribution in [3.8, 4) is 0 Å². The van der Waals surface area contributed by atoms with E-state index in [2.05, 4.69) is 37.1 Å². The molecule has 0 aliphatic carbocycles. The average Bonchev–Trinajstić information content (AvgIpc) is 2.85. The number of hydrogen-bond donors (Lipinski definition) is 1. The molecule has 3 nitrogen and oxygen atoms in total. The molecule has 0 spiro atoms. The lowest BCUT2D eigenvalue weighted by atomic mass is 10.0. The van der Waals surface area contributed by atoms with E-state index in [0.29, 0.717) is 0 Å². The summed E-state index contributed by atoms with van der Waals surface area (Å²) in [5.41, 5.74) is 10.8. The Bertz CT molecular complexity index is 589. The van der Waals surface area contributed by atoms with Crippen LogP contribution in [0.2, 0.25) is 5.02 Å². The number of hydrogen-bond acceptors (Lipinski definition) is 2. The molecule has 0 aliphatic rings. The van der Waals surface area contributed by atoms with Gasteiger partial charge in [-0.2, -0.15) is 5.10 Å². The van der Waals surface area contributed by atoms with Crippen LogP contribution >= 0.6 is 11.6 Å². The van der Waals surface area contributed by atoms with Gasteiger partial charge in [0.25, 0.3) is 0 Å². The molecule has 1 aromatic heterocycles. The first-order valence-corrected chi connectivity index (χ1v) is 7.50.